The maximum absolute atomic E-state index is 10.5. The lowest BCUT2D eigenvalue weighted by Gasteiger charge is -2.00. The standard InChI is InChI=1S/C7H6O3/c1-2-3-10-6-4-5(8)7(6)9/h2,4H,1,3H2. The average Bonchev–Trinajstić information content (AvgIpc) is 1.97. The molecule has 0 aliphatic carbocycles. The van der Waals surface area contributed by atoms with E-state index in [1.165, 1.54) is 12.1 Å². The van der Waals surface area contributed by atoms with Crippen LogP contribution in [0.1, 0.15) is 0 Å². The SMILES string of the molecule is C=CCOc1cc(=O)c1=O. The Kier molecular flexibility index (Phi) is 1.67. The van der Waals surface area contributed by atoms with Crippen molar-refractivity contribution in [3.8, 4) is 5.75 Å². The van der Waals surface area contributed by atoms with Crippen molar-refractivity contribution in [2.24, 2.45) is 0 Å². The Morgan fingerprint density at radius 1 is 1.60 bits per heavy atom. The van der Waals surface area contributed by atoms with Gasteiger partial charge in [-0.25, -0.2) is 0 Å². The summed E-state index contributed by atoms with van der Waals surface area (Å²) < 4.78 is 4.78. The minimum atomic E-state index is -0.540. The van der Waals surface area contributed by atoms with Gasteiger partial charge in [-0.15, -0.1) is 0 Å². The summed E-state index contributed by atoms with van der Waals surface area (Å²) in [4.78, 5) is 20.8. The monoisotopic (exact) mass is 138 g/mol. The highest BCUT2D eigenvalue weighted by atomic mass is 16.5. The van der Waals surface area contributed by atoms with Crippen LogP contribution in [-0.4, -0.2) is 6.61 Å². The molecule has 52 valence electrons. The van der Waals surface area contributed by atoms with E-state index in [0.29, 0.717) is 0 Å². The number of hydrogen-bond donors (Lipinski definition) is 0. The zero-order valence-electron chi connectivity index (χ0n) is 5.29. The Labute approximate surface area is 57.3 Å². The van der Waals surface area contributed by atoms with Gasteiger partial charge in [0.1, 0.15) is 6.61 Å². The van der Waals surface area contributed by atoms with Crippen LogP contribution in [0.15, 0.2) is 28.3 Å². The van der Waals surface area contributed by atoms with E-state index >= 15 is 0 Å². The van der Waals surface area contributed by atoms with Crippen molar-refractivity contribution in [2.75, 3.05) is 6.61 Å². The lowest BCUT2D eigenvalue weighted by atomic mass is 10.3. The molecule has 3 nitrogen and oxygen atoms in total. The van der Waals surface area contributed by atoms with Gasteiger partial charge in [0.15, 0.2) is 5.75 Å². The molecule has 0 saturated heterocycles. The largest absolute Gasteiger partial charge is 0.485 e. The van der Waals surface area contributed by atoms with E-state index in [1.54, 1.807) is 0 Å². The Morgan fingerprint density at radius 3 is 2.70 bits per heavy atom. The van der Waals surface area contributed by atoms with Gasteiger partial charge in [-0.2, -0.15) is 0 Å². The number of rotatable bonds is 3. The van der Waals surface area contributed by atoms with Gasteiger partial charge in [-0.05, 0) is 0 Å². The van der Waals surface area contributed by atoms with Crippen molar-refractivity contribution >= 4 is 0 Å². The number of hydrogen-bond acceptors (Lipinski definition) is 3. The van der Waals surface area contributed by atoms with Crippen LogP contribution in [0.25, 0.3) is 0 Å². The fourth-order valence-corrected chi connectivity index (χ4v) is 0.550. The summed E-state index contributed by atoms with van der Waals surface area (Å²) in [5.41, 5.74) is -1.03. The first-order valence-electron chi connectivity index (χ1n) is 2.79. The Bertz CT molecular complexity index is 304. The van der Waals surface area contributed by atoms with Crippen LogP contribution >= 0.6 is 0 Å². The third-order valence-corrected chi connectivity index (χ3v) is 1.07. The van der Waals surface area contributed by atoms with Gasteiger partial charge in [0.25, 0.3) is 5.43 Å². The second-order valence-corrected chi connectivity index (χ2v) is 1.80. The second-order valence-electron chi connectivity index (χ2n) is 1.80. The molecular formula is C7H6O3. The summed E-state index contributed by atoms with van der Waals surface area (Å²) >= 11 is 0. The summed E-state index contributed by atoms with van der Waals surface area (Å²) in [6, 6.07) is 1.17. The van der Waals surface area contributed by atoms with Crippen molar-refractivity contribution < 1.29 is 4.74 Å². The van der Waals surface area contributed by atoms with Crippen LogP contribution in [0, 0.1) is 0 Å². The van der Waals surface area contributed by atoms with Crippen LogP contribution < -0.4 is 15.6 Å². The van der Waals surface area contributed by atoms with Gasteiger partial charge in [-0.1, -0.05) is 12.7 Å². The fraction of sp³-hybridized carbons (Fsp3) is 0.143. The summed E-state index contributed by atoms with van der Waals surface area (Å²) in [6.45, 7) is 3.66. The molecule has 0 radical (unpaired) electrons. The van der Waals surface area contributed by atoms with Gasteiger partial charge in [0, 0.05) is 6.07 Å². The fourth-order valence-electron chi connectivity index (χ4n) is 0.550. The molecule has 0 N–H and O–H groups in total. The van der Waals surface area contributed by atoms with Crippen LogP contribution in [0.3, 0.4) is 0 Å². The van der Waals surface area contributed by atoms with Crippen molar-refractivity contribution in [1.29, 1.82) is 0 Å². The molecule has 0 fully saturated rings. The highest BCUT2D eigenvalue weighted by Crippen LogP contribution is 1.97. The minimum absolute atomic E-state index is 0.143. The van der Waals surface area contributed by atoms with Gasteiger partial charge in [-0.3, -0.25) is 9.59 Å². The molecule has 0 aliphatic heterocycles. The quantitative estimate of drug-likeness (QED) is 0.431. The summed E-state index contributed by atoms with van der Waals surface area (Å²) in [5.74, 6) is 0.143. The van der Waals surface area contributed by atoms with Crippen LogP contribution in [0.2, 0.25) is 0 Å². The zero-order chi connectivity index (χ0) is 7.56. The predicted octanol–water partition coefficient (Wildman–Crippen LogP) is -0.153. The Balaban J connectivity index is 2.63. The van der Waals surface area contributed by atoms with E-state index in [-0.39, 0.29) is 12.4 Å². The molecule has 0 aromatic heterocycles. The lowest BCUT2D eigenvalue weighted by Crippen LogP contribution is -2.30. The molecular weight excluding hydrogens is 132 g/mol. The van der Waals surface area contributed by atoms with Crippen molar-refractivity contribution in [3.05, 3.63) is 39.2 Å². The summed E-state index contributed by atoms with van der Waals surface area (Å²) in [6.07, 6.45) is 1.51. The molecule has 0 aliphatic rings. The molecule has 1 aromatic rings. The highest BCUT2D eigenvalue weighted by molar-refractivity contribution is 5.26. The molecule has 10 heavy (non-hydrogen) atoms. The van der Waals surface area contributed by atoms with E-state index in [2.05, 4.69) is 6.58 Å². The second kappa shape index (κ2) is 2.47. The van der Waals surface area contributed by atoms with Crippen molar-refractivity contribution in [2.45, 2.75) is 0 Å². The Morgan fingerprint density at radius 2 is 2.30 bits per heavy atom. The maximum atomic E-state index is 10.5. The normalized spacial score (nSPS) is 9.60. The Hall–Kier alpha value is -1.38. The van der Waals surface area contributed by atoms with Crippen molar-refractivity contribution in [3.63, 3.8) is 0 Å². The van der Waals surface area contributed by atoms with Crippen LogP contribution in [0.5, 0.6) is 5.75 Å². The smallest absolute Gasteiger partial charge is 0.267 e. The first-order chi connectivity index (χ1) is 4.75. The van der Waals surface area contributed by atoms with E-state index in [0.717, 1.165) is 0 Å². The zero-order valence-corrected chi connectivity index (χ0v) is 5.29. The van der Waals surface area contributed by atoms with E-state index < -0.39 is 10.9 Å². The highest BCUT2D eigenvalue weighted by Gasteiger charge is 2.08. The summed E-state index contributed by atoms with van der Waals surface area (Å²) in [7, 11) is 0. The van der Waals surface area contributed by atoms with Crippen LogP contribution in [0.4, 0.5) is 0 Å². The lowest BCUT2D eigenvalue weighted by molar-refractivity contribution is 0.355. The van der Waals surface area contributed by atoms with Gasteiger partial charge < -0.3 is 4.74 Å². The molecule has 1 aromatic carbocycles. The van der Waals surface area contributed by atoms with E-state index in [9.17, 15) is 9.59 Å². The molecule has 3 heteroatoms. The van der Waals surface area contributed by atoms with E-state index in [4.69, 9.17) is 4.74 Å². The molecule has 0 unspecified atom stereocenters. The van der Waals surface area contributed by atoms with Gasteiger partial charge in [0.05, 0.1) is 0 Å². The molecule has 0 saturated carbocycles. The average molecular weight is 138 g/mol. The molecule has 0 heterocycles. The number of ether oxygens (including phenoxy) is 1. The molecule has 0 atom stereocenters. The summed E-state index contributed by atoms with van der Waals surface area (Å²) in [5, 5.41) is 0. The van der Waals surface area contributed by atoms with Crippen molar-refractivity contribution in [1.82, 2.24) is 0 Å². The van der Waals surface area contributed by atoms with Gasteiger partial charge >= 0.3 is 0 Å². The van der Waals surface area contributed by atoms with Crippen LogP contribution in [-0.2, 0) is 0 Å². The third-order valence-electron chi connectivity index (χ3n) is 1.07. The maximum Gasteiger partial charge on any atom is 0.267 e. The first-order valence-corrected chi connectivity index (χ1v) is 2.79. The minimum Gasteiger partial charge on any atom is -0.485 e. The third kappa shape index (κ3) is 0.978. The topological polar surface area (TPSA) is 43.4 Å². The first kappa shape index (κ1) is 6.74. The molecule has 0 bridgehead atoms. The predicted molar refractivity (Wildman–Crippen MR) is 37.0 cm³/mol. The molecule has 0 amide bonds. The van der Waals surface area contributed by atoms with E-state index in [1.807, 2.05) is 0 Å². The van der Waals surface area contributed by atoms with Gasteiger partial charge in [0.2, 0.25) is 5.43 Å². The molecule has 1 rings (SSSR count). The molecule has 0 spiro atoms.